The molecule has 0 bridgehead atoms. The van der Waals surface area contributed by atoms with Gasteiger partial charge in [0.2, 0.25) is 0 Å². The summed E-state index contributed by atoms with van der Waals surface area (Å²) in [5.74, 6) is 0.292. The van der Waals surface area contributed by atoms with E-state index in [4.69, 9.17) is 15.2 Å². The molecule has 1 aromatic carbocycles. The van der Waals surface area contributed by atoms with E-state index in [1.54, 1.807) is 31.2 Å². The van der Waals surface area contributed by atoms with Crippen LogP contribution in [-0.2, 0) is 9.53 Å². The molecular formula is C13H17NO3. The molecule has 0 aliphatic carbocycles. The molecule has 1 rings (SSSR count). The summed E-state index contributed by atoms with van der Waals surface area (Å²) in [4.78, 5) is 11.2. The zero-order valence-corrected chi connectivity index (χ0v) is 10.1. The van der Waals surface area contributed by atoms with Crippen LogP contribution in [0.15, 0.2) is 24.3 Å². The van der Waals surface area contributed by atoms with Gasteiger partial charge in [-0.05, 0) is 32.1 Å². The van der Waals surface area contributed by atoms with E-state index >= 15 is 0 Å². The Bertz CT molecular complexity index is 413. The number of hydrogen-bond acceptors (Lipinski definition) is 4. The van der Waals surface area contributed by atoms with E-state index in [0.29, 0.717) is 24.7 Å². The Hall–Kier alpha value is -1.97. The average Bonchev–Trinajstić information content (AvgIpc) is 2.29. The van der Waals surface area contributed by atoms with Gasteiger partial charge >= 0.3 is 5.97 Å². The molecule has 0 aliphatic heterocycles. The minimum absolute atomic E-state index is 0.364. The highest BCUT2D eigenvalue weighted by Crippen LogP contribution is 2.23. The minimum atomic E-state index is -0.369. The van der Waals surface area contributed by atoms with Crippen LogP contribution in [0.4, 0.5) is 5.69 Å². The van der Waals surface area contributed by atoms with E-state index < -0.39 is 0 Å². The highest BCUT2D eigenvalue weighted by Gasteiger charge is 2.02. The predicted molar refractivity (Wildman–Crippen MR) is 67.7 cm³/mol. The van der Waals surface area contributed by atoms with Crippen LogP contribution in [0.5, 0.6) is 5.75 Å². The summed E-state index contributed by atoms with van der Waals surface area (Å²) in [6, 6.07) is 5.29. The first-order chi connectivity index (χ1) is 8.17. The van der Waals surface area contributed by atoms with Crippen molar-refractivity contribution in [1.29, 1.82) is 0 Å². The molecule has 0 spiro atoms. The molecule has 0 saturated heterocycles. The van der Waals surface area contributed by atoms with Crippen LogP contribution in [0.3, 0.4) is 0 Å². The molecular weight excluding hydrogens is 218 g/mol. The molecule has 0 heterocycles. The second kappa shape index (κ2) is 6.58. The van der Waals surface area contributed by atoms with Crippen molar-refractivity contribution in [3.05, 3.63) is 29.8 Å². The van der Waals surface area contributed by atoms with Gasteiger partial charge in [-0.15, -0.1) is 0 Å². The molecule has 17 heavy (non-hydrogen) atoms. The van der Waals surface area contributed by atoms with E-state index in [9.17, 15) is 4.79 Å². The average molecular weight is 235 g/mol. The fourth-order valence-corrected chi connectivity index (χ4v) is 1.32. The minimum Gasteiger partial charge on any atom is -0.493 e. The van der Waals surface area contributed by atoms with Crippen LogP contribution in [0.1, 0.15) is 19.4 Å². The summed E-state index contributed by atoms with van der Waals surface area (Å²) in [7, 11) is 0. The van der Waals surface area contributed by atoms with Gasteiger partial charge in [-0.3, -0.25) is 0 Å². The molecule has 0 atom stereocenters. The number of nitrogens with two attached hydrogens (primary N) is 1. The van der Waals surface area contributed by atoms with Crippen LogP contribution < -0.4 is 10.5 Å². The van der Waals surface area contributed by atoms with Crippen LogP contribution in [0, 0.1) is 0 Å². The van der Waals surface area contributed by atoms with Gasteiger partial charge in [0.05, 0.1) is 13.2 Å². The van der Waals surface area contributed by atoms with Crippen LogP contribution in [0.2, 0.25) is 0 Å². The lowest BCUT2D eigenvalue weighted by Crippen LogP contribution is -1.99. The van der Waals surface area contributed by atoms with Crippen LogP contribution >= 0.6 is 0 Å². The van der Waals surface area contributed by atoms with E-state index in [1.807, 2.05) is 6.92 Å². The van der Waals surface area contributed by atoms with Crippen molar-refractivity contribution in [3.8, 4) is 5.75 Å². The van der Waals surface area contributed by atoms with Gasteiger partial charge in [0, 0.05) is 23.4 Å². The zero-order valence-electron chi connectivity index (χ0n) is 10.1. The molecule has 4 nitrogen and oxygen atoms in total. The number of anilines is 1. The Kier molecular flexibility index (Phi) is 5.07. The standard InChI is InChI=1S/C13H17NO3/c1-3-16-12-9-11(14)7-5-10(12)6-8-13(15)17-4-2/h5-9H,3-4,14H2,1-2H3/b8-6+. The summed E-state index contributed by atoms with van der Waals surface area (Å²) >= 11 is 0. The van der Waals surface area contributed by atoms with Crippen molar-refractivity contribution in [2.45, 2.75) is 13.8 Å². The quantitative estimate of drug-likeness (QED) is 0.483. The summed E-state index contributed by atoms with van der Waals surface area (Å²) < 4.78 is 10.2. The smallest absolute Gasteiger partial charge is 0.330 e. The Morgan fingerprint density at radius 1 is 1.35 bits per heavy atom. The van der Waals surface area contributed by atoms with Gasteiger partial charge in [0.25, 0.3) is 0 Å². The fourth-order valence-electron chi connectivity index (χ4n) is 1.32. The first-order valence-electron chi connectivity index (χ1n) is 5.54. The Balaban J connectivity index is 2.85. The SMILES string of the molecule is CCOC(=O)/C=C/c1ccc(N)cc1OCC. The van der Waals surface area contributed by atoms with Gasteiger partial charge in [-0.2, -0.15) is 0 Å². The molecule has 4 heteroatoms. The molecule has 92 valence electrons. The normalized spacial score (nSPS) is 10.5. The number of carbonyl (C=O) groups excluding carboxylic acids is 1. The van der Waals surface area contributed by atoms with Gasteiger partial charge in [0.15, 0.2) is 0 Å². The number of ether oxygens (including phenoxy) is 2. The van der Waals surface area contributed by atoms with Crippen molar-refractivity contribution < 1.29 is 14.3 Å². The molecule has 1 aromatic rings. The lowest BCUT2D eigenvalue weighted by molar-refractivity contribution is -0.137. The highest BCUT2D eigenvalue weighted by atomic mass is 16.5. The molecule has 2 N–H and O–H groups in total. The van der Waals surface area contributed by atoms with Gasteiger partial charge in [0.1, 0.15) is 5.75 Å². The summed E-state index contributed by atoms with van der Waals surface area (Å²) in [5.41, 5.74) is 7.09. The van der Waals surface area contributed by atoms with Crippen molar-refractivity contribution in [1.82, 2.24) is 0 Å². The Morgan fingerprint density at radius 2 is 2.12 bits per heavy atom. The third-order valence-electron chi connectivity index (χ3n) is 2.02. The molecule has 0 aromatic heterocycles. The number of benzene rings is 1. The lowest BCUT2D eigenvalue weighted by atomic mass is 10.1. The third-order valence-corrected chi connectivity index (χ3v) is 2.02. The van der Waals surface area contributed by atoms with Crippen LogP contribution in [0.25, 0.3) is 6.08 Å². The Morgan fingerprint density at radius 3 is 2.76 bits per heavy atom. The third kappa shape index (κ3) is 4.18. The second-order valence-corrected chi connectivity index (χ2v) is 3.32. The topological polar surface area (TPSA) is 61.5 Å². The molecule has 0 fully saturated rings. The number of carbonyl (C=O) groups is 1. The van der Waals surface area contributed by atoms with Crippen molar-refractivity contribution in [2.24, 2.45) is 0 Å². The van der Waals surface area contributed by atoms with Crippen LogP contribution in [-0.4, -0.2) is 19.2 Å². The zero-order chi connectivity index (χ0) is 12.7. The number of rotatable bonds is 5. The van der Waals surface area contributed by atoms with E-state index in [0.717, 1.165) is 5.56 Å². The number of nitrogen functional groups attached to an aromatic ring is 1. The van der Waals surface area contributed by atoms with E-state index in [2.05, 4.69) is 0 Å². The molecule has 0 radical (unpaired) electrons. The van der Waals surface area contributed by atoms with E-state index in [1.165, 1.54) is 6.08 Å². The molecule has 0 saturated carbocycles. The predicted octanol–water partition coefficient (Wildman–Crippen LogP) is 2.24. The Labute approximate surface area is 101 Å². The molecule has 0 amide bonds. The number of esters is 1. The highest BCUT2D eigenvalue weighted by molar-refractivity contribution is 5.87. The molecule has 0 unspecified atom stereocenters. The van der Waals surface area contributed by atoms with Crippen molar-refractivity contribution >= 4 is 17.7 Å². The van der Waals surface area contributed by atoms with E-state index in [-0.39, 0.29) is 5.97 Å². The van der Waals surface area contributed by atoms with Gasteiger partial charge in [-0.1, -0.05) is 0 Å². The largest absolute Gasteiger partial charge is 0.493 e. The monoisotopic (exact) mass is 235 g/mol. The first-order valence-corrected chi connectivity index (χ1v) is 5.54. The van der Waals surface area contributed by atoms with Gasteiger partial charge < -0.3 is 15.2 Å². The lowest BCUT2D eigenvalue weighted by Gasteiger charge is -2.07. The maximum Gasteiger partial charge on any atom is 0.330 e. The second-order valence-electron chi connectivity index (χ2n) is 3.32. The number of hydrogen-bond donors (Lipinski definition) is 1. The van der Waals surface area contributed by atoms with Crippen molar-refractivity contribution in [2.75, 3.05) is 18.9 Å². The van der Waals surface area contributed by atoms with Gasteiger partial charge in [-0.25, -0.2) is 4.79 Å². The first kappa shape index (κ1) is 13.1. The van der Waals surface area contributed by atoms with Crippen molar-refractivity contribution in [3.63, 3.8) is 0 Å². The summed E-state index contributed by atoms with van der Waals surface area (Å²) in [6.07, 6.45) is 3.03. The maximum atomic E-state index is 11.2. The summed E-state index contributed by atoms with van der Waals surface area (Å²) in [5, 5.41) is 0. The summed E-state index contributed by atoms with van der Waals surface area (Å²) in [6.45, 7) is 4.57. The maximum absolute atomic E-state index is 11.2. The fraction of sp³-hybridized carbons (Fsp3) is 0.308. The molecule has 0 aliphatic rings.